The third kappa shape index (κ3) is 2.15. The van der Waals surface area contributed by atoms with Gasteiger partial charge in [-0.2, -0.15) is 5.10 Å². The molecular weight excluding hydrogens is 208 g/mol. The standard InChI is InChI=1S/C7H9BrN2O/c1-10-7(11)3-2-6(9-10)4-5-8/h2-3H,4-5H2,1H3. The van der Waals surface area contributed by atoms with Gasteiger partial charge < -0.3 is 0 Å². The van der Waals surface area contributed by atoms with Crippen LogP contribution in [0.3, 0.4) is 0 Å². The van der Waals surface area contributed by atoms with Crippen molar-refractivity contribution in [3.63, 3.8) is 0 Å². The normalized spacial score (nSPS) is 10.0. The summed E-state index contributed by atoms with van der Waals surface area (Å²) in [6.45, 7) is 0. The van der Waals surface area contributed by atoms with Gasteiger partial charge in [0.25, 0.3) is 5.56 Å². The first kappa shape index (κ1) is 8.46. The van der Waals surface area contributed by atoms with Crippen molar-refractivity contribution in [3.8, 4) is 0 Å². The van der Waals surface area contributed by atoms with E-state index in [1.165, 1.54) is 10.7 Å². The predicted octanol–water partition coefficient (Wildman–Crippen LogP) is 0.718. The molecule has 0 spiro atoms. The van der Waals surface area contributed by atoms with Crippen LogP contribution in [0.2, 0.25) is 0 Å². The molecule has 0 aliphatic rings. The van der Waals surface area contributed by atoms with Gasteiger partial charge in [-0.15, -0.1) is 0 Å². The lowest BCUT2D eigenvalue weighted by Gasteiger charge is -1.98. The van der Waals surface area contributed by atoms with E-state index in [4.69, 9.17) is 0 Å². The lowest BCUT2D eigenvalue weighted by molar-refractivity contribution is 0.682. The van der Waals surface area contributed by atoms with E-state index in [1.807, 2.05) is 0 Å². The lowest BCUT2D eigenvalue weighted by atomic mass is 10.3. The van der Waals surface area contributed by atoms with E-state index in [1.54, 1.807) is 13.1 Å². The van der Waals surface area contributed by atoms with Gasteiger partial charge in [-0.1, -0.05) is 15.9 Å². The van der Waals surface area contributed by atoms with Crippen LogP contribution in [0.4, 0.5) is 0 Å². The molecule has 0 aliphatic heterocycles. The second kappa shape index (κ2) is 3.67. The molecule has 1 aromatic rings. The number of alkyl halides is 1. The van der Waals surface area contributed by atoms with Gasteiger partial charge in [0.1, 0.15) is 0 Å². The molecule has 0 atom stereocenters. The van der Waals surface area contributed by atoms with Crippen LogP contribution in [0.15, 0.2) is 16.9 Å². The molecule has 1 heterocycles. The van der Waals surface area contributed by atoms with Crippen molar-refractivity contribution in [2.75, 3.05) is 5.33 Å². The van der Waals surface area contributed by atoms with Crippen molar-refractivity contribution in [1.29, 1.82) is 0 Å². The minimum absolute atomic E-state index is 0.0664. The van der Waals surface area contributed by atoms with Gasteiger partial charge in [0.2, 0.25) is 0 Å². The fourth-order valence-electron chi connectivity index (χ4n) is 0.781. The van der Waals surface area contributed by atoms with Gasteiger partial charge in [-0.3, -0.25) is 4.79 Å². The number of hydrogen-bond acceptors (Lipinski definition) is 2. The molecule has 0 aromatic carbocycles. The monoisotopic (exact) mass is 216 g/mol. The Labute approximate surface area is 73.2 Å². The van der Waals surface area contributed by atoms with E-state index in [0.717, 1.165) is 17.4 Å². The van der Waals surface area contributed by atoms with Crippen molar-refractivity contribution in [3.05, 3.63) is 28.2 Å². The van der Waals surface area contributed by atoms with Gasteiger partial charge in [0, 0.05) is 24.9 Å². The predicted molar refractivity (Wildman–Crippen MR) is 47.0 cm³/mol. The summed E-state index contributed by atoms with van der Waals surface area (Å²) < 4.78 is 1.35. The Morgan fingerprint density at radius 1 is 1.64 bits per heavy atom. The Hall–Kier alpha value is -0.640. The number of aryl methyl sites for hydroxylation is 2. The summed E-state index contributed by atoms with van der Waals surface area (Å²) in [6.07, 6.45) is 0.855. The zero-order valence-corrected chi connectivity index (χ0v) is 7.84. The van der Waals surface area contributed by atoms with E-state index in [2.05, 4.69) is 21.0 Å². The topological polar surface area (TPSA) is 34.9 Å². The molecule has 60 valence electrons. The van der Waals surface area contributed by atoms with Gasteiger partial charge in [0.05, 0.1) is 5.69 Å². The Kier molecular flexibility index (Phi) is 2.82. The number of hydrogen-bond donors (Lipinski definition) is 0. The van der Waals surface area contributed by atoms with Gasteiger partial charge in [0.15, 0.2) is 0 Å². The van der Waals surface area contributed by atoms with Crippen molar-refractivity contribution in [1.82, 2.24) is 9.78 Å². The second-order valence-electron chi connectivity index (χ2n) is 2.23. The first-order valence-corrected chi connectivity index (χ1v) is 4.45. The van der Waals surface area contributed by atoms with Crippen LogP contribution < -0.4 is 5.56 Å². The molecule has 0 radical (unpaired) electrons. The van der Waals surface area contributed by atoms with Crippen molar-refractivity contribution in [2.45, 2.75) is 6.42 Å². The Morgan fingerprint density at radius 3 is 2.91 bits per heavy atom. The van der Waals surface area contributed by atoms with Crippen LogP contribution in [0, 0.1) is 0 Å². The molecule has 0 aliphatic carbocycles. The molecule has 0 amide bonds. The number of nitrogens with zero attached hydrogens (tertiary/aromatic N) is 2. The van der Waals surface area contributed by atoms with Gasteiger partial charge in [-0.05, 0) is 6.07 Å². The number of halogens is 1. The first-order valence-electron chi connectivity index (χ1n) is 3.33. The van der Waals surface area contributed by atoms with Crippen LogP contribution in [0.5, 0.6) is 0 Å². The van der Waals surface area contributed by atoms with Crippen molar-refractivity contribution < 1.29 is 0 Å². The molecule has 0 fully saturated rings. The molecule has 11 heavy (non-hydrogen) atoms. The number of aromatic nitrogens is 2. The highest BCUT2D eigenvalue weighted by Gasteiger charge is 1.94. The Bertz CT molecular complexity index is 295. The van der Waals surface area contributed by atoms with E-state index in [-0.39, 0.29) is 5.56 Å². The fraction of sp³-hybridized carbons (Fsp3) is 0.429. The van der Waals surface area contributed by atoms with Crippen LogP contribution in [0.1, 0.15) is 5.69 Å². The summed E-state index contributed by atoms with van der Waals surface area (Å²) in [5.41, 5.74) is 0.868. The highest BCUT2D eigenvalue weighted by molar-refractivity contribution is 9.09. The van der Waals surface area contributed by atoms with E-state index >= 15 is 0 Å². The van der Waals surface area contributed by atoms with Crippen LogP contribution in [-0.2, 0) is 13.5 Å². The van der Waals surface area contributed by atoms with Crippen molar-refractivity contribution in [2.24, 2.45) is 7.05 Å². The van der Waals surface area contributed by atoms with Crippen LogP contribution >= 0.6 is 15.9 Å². The molecule has 0 bridgehead atoms. The fourth-order valence-corrected chi connectivity index (χ4v) is 1.19. The average molecular weight is 217 g/mol. The molecule has 0 saturated heterocycles. The van der Waals surface area contributed by atoms with E-state index in [0.29, 0.717) is 0 Å². The third-order valence-corrected chi connectivity index (χ3v) is 1.76. The second-order valence-corrected chi connectivity index (χ2v) is 3.02. The molecule has 1 aromatic heterocycles. The zero-order chi connectivity index (χ0) is 8.27. The maximum Gasteiger partial charge on any atom is 0.266 e. The van der Waals surface area contributed by atoms with Crippen LogP contribution in [0.25, 0.3) is 0 Å². The van der Waals surface area contributed by atoms with Gasteiger partial charge >= 0.3 is 0 Å². The molecule has 0 N–H and O–H groups in total. The summed E-state index contributed by atoms with van der Waals surface area (Å²) in [6, 6.07) is 3.29. The van der Waals surface area contributed by atoms with E-state index in [9.17, 15) is 4.79 Å². The highest BCUT2D eigenvalue weighted by Crippen LogP contribution is 1.94. The van der Waals surface area contributed by atoms with Gasteiger partial charge in [-0.25, -0.2) is 4.68 Å². The summed E-state index contributed by atoms with van der Waals surface area (Å²) >= 11 is 3.30. The Balaban J connectivity index is 2.96. The smallest absolute Gasteiger partial charge is 0.266 e. The summed E-state index contributed by atoms with van der Waals surface area (Å²) in [5, 5.41) is 4.91. The molecular formula is C7H9BrN2O. The molecule has 0 saturated carbocycles. The Morgan fingerprint density at radius 2 is 2.36 bits per heavy atom. The minimum Gasteiger partial charge on any atom is -0.268 e. The summed E-state index contributed by atoms with van der Waals surface area (Å²) in [5.74, 6) is 0. The molecule has 1 rings (SSSR count). The van der Waals surface area contributed by atoms with Crippen molar-refractivity contribution >= 4 is 15.9 Å². The maximum atomic E-state index is 10.9. The largest absolute Gasteiger partial charge is 0.268 e. The molecule has 3 nitrogen and oxygen atoms in total. The average Bonchev–Trinajstić information content (AvgIpc) is 1.98. The quantitative estimate of drug-likeness (QED) is 0.684. The first-order chi connectivity index (χ1) is 5.24. The molecule has 4 heteroatoms. The summed E-state index contributed by atoms with van der Waals surface area (Å²) in [4.78, 5) is 10.9. The zero-order valence-electron chi connectivity index (χ0n) is 6.25. The minimum atomic E-state index is -0.0664. The lowest BCUT2D eigenvalue weighted by Crippen LogP contribution is -2.19. The SMILES string of the molecule is Cn1nc(CCBr)ccc1=O. The molecule has 0 unspecified atom stereocenters. The third-order valence-electron chi connectivity index (χ3n) is 1.37. The number of rotatable bonds is 2. The summed E-state index contributed by atoms with van der Waals surface area (Å²) in [7, 11) is 1.65. The highest BCUT2D eigenvalue weighted by atomic mass is 79.9. The van der Waals surface area contributed by atoms with E-state index < -0.39 is 0 Å². The van der Waals surface area contributed by atoms with Crippen LogP contribution in [-0.4, -0.2) is 15.1 Å². The maximum absolute atomic E-state index is 10.9.